The SMILES string of the molecule is CCC(CN)c1csc(-c2cc(C)ccc2C)n1. The summed E-state index contributed by atoms with van der Waals surface area (Å²) >= 11 is 1.72. The second kappa shape index (κ2) is 5.63. The van der Waals surface area contributed by atoms with Crippen molar-refractivity contribution in [2.75, 3.05) is 6.54 Å². The van der Waals surface area contributed by atoms with Crippen molar-refractivity contribution in [3.8, 4) is 10.6 Å². The van der Waals surface area contributed by atoms with Crippen molar-refractivity contribution in [1.82, 2.24) is 4.98 Å². The summed E-state index contributed by atoms with van der Waals surface area (Å²) < 4.78 is 0. The third kappa shape index (κ3) is 2.62. The van der Waals surface area contributed by atoms with E-state index in [1.165, 1.54) is 16.7 Å². The quantitative estimate of drug-likeness (QED) is 0.906. The molecule has 3 heteroatoms. The van der Waals surface area contributed by atoms with Crippen molar-refractivity contribution >= 4 is 11.3 Å². The Kier molecular flexibility index (Phi) is 4.15. The zero-order valence-corrected chi connectivity index (χ0v) is 12.1. The Morgan fingerprint density at radius 3 is 2.78 bits per heavy atom. The van der Waals surface area contributed by atoms with Gasteiger partial charge >= 0.3 is 0 Å². The number of aryl methyl sites for hydroxylation is 2. The van der Waals surface area contributed by atoms with E-state index in [-0.39, 0.29) is 0 Å². The molecule has 0 bridgehead atoms. The lowest BCUT2D eigenvalue weighted by Gasteiger charge is -2.08. The summed E-state index contributed by atoms with van der Waals surface area (Å²) in [5, 5.41) is 3.26. The molecule has 0 amide bonds. The highest BCUT2D eigenvalue weighted by Gasteiger charge is 2.13. The van der Waals surface area contributed by atoms with Crippen LogP contribution in [0.15, 0.2) is 23.6 Å². The fraction of sp³-hybridized carbons (Fsp3) is 0.400. The lowest BCUT2D eigenvalue weighted by atomic mass is 10.0. The molecule has 1 heterocycles. The molecule has 0 saturated carbocycles. The van der Waals surface area contributed by atoms with E-state index in [0.717, 1.165) is 17.1 Å². The van der Waals surface area contributed by atoms with E-state index in [4.69, 9.17) is 10.7 Å². The molecule has 18 heavy (non-hydrogen) atoms. The minimum absolute atomic E-state index is 0.389. The van der Waals surface area contributed by atoms with Gasteiger partial charge in [-0.15, -0.1) is 11.3 Å². The van der Waals surface area contributed by atoms with Gasteiger partial charge in [-0.3, -0.25) is 0 Å². The molecule has 0 radical (unpaired) electrons. The van der Waals surface area contributed by atoms with Gasteiger partial charge in [-0.05, 0) is 31.9 Å². The third-order valence-corrected chi connectivity index (χ3v) is 4.23. The van der Waals surface area contributed by atoms with Crippen molar-refractivity contribution < 1.29 is 0 Å². The van der Waals surface area contributed by atoms with Gasteiger partial charge in [0.15, 0.2) is 0 Å². The first kappa shape index (κ1) is 13.2. The normalized spacial score (nSPS) is 12.7. The molecule has 2 nitrogen and oxygen atoms in total. The van der Waals surface area contributed by atoms with E-state index in [1.807, 2.05) is 0 Å². The number of hydrogen-bond acceptors (Lipinski definition) is 3. The number of benzene rings is 1. The zero-order chi connectivity index (χ0) is 13.1. The summed E-state index contributed by atoms with van der Waals surface area (Å²) in [5.41, 5.74) is 10.7. The van der Waals surface area contributed by atoms with E-state index < -0.39 is 0 Å². The number of nitrogens with two attached hydrogens (primary N) is 1. The van der Waals surface area contributed by atoms with Crippen LogP contribution < -0.4 is 5.73 Å². The van der Waals surface area contributed by atoms with Gasteiger partial charge in [0.1, 0.15) is 5.01 Å². The van der Waals surface area contributed by atoms with Crippen molar-refractivity contribution in [3.63, 3.8) is 0 Å². The highest BCUT2D eigenvalue weighted by molar-refractivity contribution is 7.13. The van der Waals surface area contributed by atoms with E-state index in [1.54, 1.807) is 11.3 Å². The molecule has 0 aliphatic heterocycles. The molecular weight excluding hydrogens is 240 g/mol. The second-order valence-corrected chi connectivity index (χ2v) is 5.59. The number of aromatic nitrogens is 1. The summed E-state index contributed by atoms with van der Waals surface area (Å²) in [5.74, 6) is 0.389. The number of thiazole rings is 1. The van der Waals surface area contributed by atoms with Gasteiger partial charge in [0.05, 0.1) is 5.69 Å². The van der Waals surface area contributed by atoms with Gasteiger partial charge in [-0.2, -0.15) is 0 Å². The molecule has 0 spiro atoms. The molecule has 0 aliphatic carbocycles. The Hall–Kier alpha value is -1.19. The van der Waals surface area contributed by atoms with Crippen LogP contribution in [0.2, 0.25) is 0 Å². The Morgan fingerprint density at radius 1 is 1.33 bits per heavy atom. The highest BCUT2D eigenvalue weighted by atomic mass is 32.1. The molecule has 96 valence electrons. The average molecular weight is 260 g/mol. The highest BCUT2D eigenvalue weighted by Crippen LogP contribution is 2.30. The first-order valence-electron chi connectivity index (χ1n) is 6.38. The van der Waals surface area contributed by atoms with Gasteiger partial charge in [0.2, 0.25) is 0 Å². The maximum absolute atomic E-state index is 5.78. The molecule has 2 rings (SSSR count). The van der Waals surface area contributed by atoms with Crippen LogP contribution >= 0.6 is 11.3 Å². The van der Waals surface area contributed by atoms with Gasteiger partial charge < -0.3 is 5.73 Å². The first-order chi connectivity index (χ1) is 8.65. The molecule has 1 atom stereocenters. The topological polar surface area (TPSA) is 38.9 Å². The monoisotopic (exact) mass is 260 g/mol. The molecule has 0 fully saturated rings. The minimum Gasteiger partial charge on any atom is -0.330 e. The van der Waals surface area contributed by atoms with Gasteiger partial charge in [-0.1, -0.05) is 24.6 Å². The fourth-order valence-corrected chi connectivity index (χ4v) is 3.04. The van der Waals surface area contributed by atoms with Crippen LogP contribution in [0.4, 0.5) is 0 Å². The van der Waals surface area contributed by atoms with Crippen molar-refractivity contribution in [1.29, 1.82) is 0 Å². The first-order valence-corrected chi connectivity index (χ1v) is 7.26. The van der Waals surface area contributed by atoms with Gasteiger partial charge in [0.25, 0.3) is 0 Å². The molecule has 2 N–H and O–H groups in total. The van der Waals surface area contributed by atoms with Crippen LogP contribution in [-0.4, -0.2) is 11.5 Å². The smallest absolute Gasteiger partial charge is 0.123 e. The summed E-state index contributed by atoms with van der Waals surface area (Å²) in [4.78, 5) is 4.76. The largest absolute Gasteiger partial charge is 0.330 e. The molecule has 1 aromatic heterocycles. The summed E-state index contributed by atoms with van der Waals surface area (Å²) in [6, 6.07) is 6.51. The van der Waals surface area contributed by atoms with Crippen LogP contribution in [0.3, 0.4) is 0 Å². The van der Waals surface area contributed by atoms with Crippen LogP contribution in [0.25, 0.3) is 10.6 Å². The summed E-state index contributed by atoms with van der Waals surface area (Å²) in [6.45, 7) is 7.09. The summed E-state index contributed by atoms with van der Waals surface area (Å²) in [6.07, 6.45) is 1.05. The number of rotatable bonds is 4. The van der Waals surface area contributed by atoms with Gasteiger partial charge in [-0.25, -0.2) is 4.98 Å². The molecular formula is C15H20N2S. The van der Waals surface area contributed by atoms with Crippen LogP contribution in [0.5, 0.6) is 0 Å². The van der Waals surface area contributed by atoms with E-state index in [9.17, 15) is 0 Å². The molecule has 0 aliphatic rings. The van der Waals surface area contributed by atoms with E-state index >= 15 is 0 Å². The lowest BCUT2D eigenvalue weighted by Crippen LogP contribution is -2.11. The van der Waals surface area contributed by atoms with Gasteiger partial charge in [0, 0.05) is 23.4 Å². The van der Waals surface area contributed by atoms with Crippen LogP contribution in [0.1, 0.15) is 36.1 Å². The van der Waals surface area contributed by atoms with E-state index in [0.29, 0.717) is 12.5 Å². The average Bonchev–Trinajstić information content (AvgIpc) is 2.83. The van der Waals surface area contributed by atoms with Crippen molar-refractivity contribution in [2.45, 2.75) is 33.1 Å². The summed E-state index contributed by atoms with van der Waals surface area (Å²) in [7, 11) is 0. The fourth-order valence-electron chi connectivity index (χ4n) is 2.06. The molecule has 1 unspecified atom stereocenters. The minimum atomic E-state index is 0.389. The van der Waals surface area contributed by atoms with Crippen molar-refractivity contribution in [3.05, 3.63) is 40.4 Å². The molecule has 0 saturated heterocycles. The van der Waals surface area contributed by atoms with Crippen molar-refractivity contribution in [2.24, 2.45) is 5.73 Å². The Bertz CT molecular complexity index is 527. The maximum atomic E-state index is 5.78. The van der Waals surface area contributed by atoms with E-state index in [2.05, 4.69) is 44.4 Å². The zero-order valence-electron chi connectivity index (χ0n) is 11.2. The Morgan fingerprint density at radius 2 is 2.11 bits per heavy atom. The Labute approximate surface area is 113 Å². The van der Waals surface area contributed by atoms with Crippen LogP contribution in [-0.2, 0) is 0 Å². The number of nitrogens with zero attached hydrogens (tertiary/aromatic N) is 1. The third-order valence-electron chi connectivity index (χ3n) is 3.34. The number of hydrogen-bond donors (Lipinski definition) is 1. The lowest BCUT2D eigenvalue weighted by molar-refractivity contribution is 0.659. The molecule has 1 aromatic carbocycles. The predicted octanol–water partition coefficient (Wildman–Crippen LogP) is 3.88. The molecule has 2 aromatic rings. The Balaban J connectivity index is 2.37. The van der Waals surface area contributed by atoms with Crippen LogP contribution in [0, 0.1) is 13.8 Å². The second-order valence-electron chi connectivity index (χ2n) is 4.74. The standard InChI is InChI=1S/C15H20N2S/c1-4-12(8-16)14-9-18-15(17-14)13-7-10(2)5-6-11(13)3/h5-7,9,12H,4,8,16H2,1-3H3. The predicted molar refractivity (Wildman–Crippen MR) is 79.1 cm³/mol. The maximum Gasteiger partial charge on any atom is 0.123 e.